The molecule has 0 spiro atoms. The number of phenols is 1. The van der Waals surface area contributed by atoms with Gasteiger partial charge in [-0.3, -0.25) is 4.79 Å². The van der Waals surface area contributed by atoms with Gasteiger partial charge in [0, 0.05) is 5.56 Å². The minimum atomic E-state index is -0.211. The molecular formula is C26H44O3. The highest BCUT2D eigenvalue weighted by molar-refractivity contribution is 5.75. The monoisotopic (exact) mass is 404 g/mol. The summed E-state index contributed by atoms with van der Waals surface area (Å²) in [4.78, 5) is 12.5. The number of aromatic hydroxyl groups is 1. The Labute approximate surface area is 179 Å². The van der Waals surface area contributed by atoms with E-state index in [4.69, 9.17) is 4.74 Å². The van der Waals surface area contributed by atoms with Crippen LogP contribution in [0.15, 0.2) is 12.1 Å². The van der Waals surface area contributed by atoms with Crippen LogP contribution in [-0.2, 0) is 10.2 Å². The lowest BCUT2D eigenvalue weighted by atomic mass is 9.85. The molecule has 166 valence electrons. The van der Waals surface area contributed by atoms with E-state index in [9.17, 15) is 9.90 Å². The predicted molar refractivity (Wildman–Crippen MR) is 123 cm³/mol. The van der Waals surface area contributed by atoms with Crippen LogP contribution in [0.25, 0.3) is 0 Å². The number of phenolic OH excluding ortho intramolecular Hbond substituents is 1. The van der Waals surface area contributed by atoms with E-state index in [-0.39, 0.29) is 23.1 Å². The lowest BCUT2D eigenvalue weighted by Gasteiger charge is -2.22. The van der Waals surface area contributed by atoms with E-state index >= 15 is 0 Å². The van der Waals surface area contributed by atoms with Crippen LogP contribution in [0.3, 0.4) is 0 Å². The lowest BCUT2D eigenvalue weighted by molar-refractivity contribution is -0.138. The number of esters is 1. The maximum atomic E-state index is 12.5. The van der Waals surface area contributed by atoms with Crippen molar-refractivity contribution in [1.29, 1.82) is 0 Å². The van der Waals surface area contributed by atoms with Crippen molar-refractivity contribution in [3.8, 4) is 11.5 Å². The highest BCUT2D eigenvalue weighted by Gasteiger charge is 2.22. The smallest absolute Gasteiger partial charge is 0.314 e. The van der Waals surface area contributed by atoms with E-state index in [2.05, 4.69) is 13.8 Å². The highest BCUT2D eigenvalue weighted by Crippen LogP contribution is 2.36. The van der Waals surface area contributed by atoms with Gasteiger partial charge in [0.15, 0.2) is 0 Å². The quantitative estimate of drug-likeness (QED) is 0.220. The highest BCUT2D eigenvalue weighted by atomic mass is 16.5. The fourth-order valence-corrected chi connectivity index (χ4v) is 3.60. The minimum Gasteiger partial charge on any atom is -0.507 e. The minimum absolute atomic E-state index is 0.103. The molecule has 1 N–H and O–H groups in total. The van der Waals surface area contributed by atoms with Crippen molar-refractivity contribution in [3.63, 3.8) is 0 Å². The van der Waals surface area contributed by atoms with Crippen molar-refractivity contribution < 1.29 is 14.6 Å². The molecule has 1 aromatic rings. The Hall–Kier alpha value is -1.51. The zero-order valence-electron chi connectivity index (χ0n) is 19.9. The average Bonchev–Trinajstić information content (AvgIpc) is 2.61. The topological polar surface area (TPSA) is 46.5 Å². The molecule has 0 aliphatic carbocycles. The van der Waals surface area contributed by atoms with Crippen LogP contribution in [0.2, 0.25) is 0 Å². The molecule has 0 fully saturated rings. The molecule has 3 heteroatoms. The fourth-order valence-electron chi connectivity index (χ4n) is 3.60. The first-order chi connectivity index (χ1) is 13.5. The third-order valence-corrected chi connectivity index (χ3v) is 5.62. The summed E-state index contributed by atoms with van der Waals surface area (Å²) in [6, 6.07) is 3.54. The van der Waals surface area contributed by atoms with E-state index in [1.165, 1.54) is 44.9 Å². The number of ether oxygens (including phenoxy) is 1. The van der Waals surface area contributed by atoms with E-state index in [0.717, 1.165) is 29.9 Å². The van der Waals surface area contributed by atoms with Gasteiger partial charge in [-0.15, -0.1) is 0 Å². The van der Waals surface area contributed by atoms with Gasteiger partial charge in [0.2, 0.25) is 0 Å². The molecule has 0 aliphatic heterocycles. The molecule has 3 nitrogen and oxygen atoms in total. The molecule has 0 saturated carbocycles. The second kappa shape index (κ2) is 12.2. The molecular weight excluding hydrogens is 360 g/mol. The maximum absolute atomic E-state index is 12.5. The molecule has 0 bridgehead atoms. The van der Waals surface area contributed by atoms with Gasteiger partial charge in [-0.25, -0.2) is 0 Å². The third kappa shape index (κ3) is 9.69. The van der Waals surface area contributed by atoms with Crippen LogP contribution in [0, 0.1) is 18.8 Å². The number of aryl methyl sites for hydroxylation is 1. The summed E-state index contributed by atoms with van der Waals surface area (Å²) >= 11 is 0. The van der Waals surface area contributed by atoms with E-state index in [0.29, 0.717) is 5.75 Å². The van der Waals surface area contributed by atoms with Crippen LogP contribution in [0.5, 0.6) is 11.5 Å². The first kappa shape index (κ1) is 25.5. The second-order valence-electron chi connectivity index (χ2n) is 10.2. The number of benzene rings is 1. The Kier molecular flexibility index (Phi) is 10.8. The van der Waals surface area contributed by atoms with Gasteiger partial charge < -0.3 is 9.84 Å². The number of rotatable bonds is 12. The van der Waals surface area contributed by atoms with Gasteiger partial charge >= 0.3 is 5.97 Å². The van der Waals surface area contributed by atoms with E-state index in [1.807, 2.05) is 34.6 Å². The number of hydrogen-bond acceptors (Lipinski definition) is 3. The Balaban J connectivity index is 2.36. The lowest BCUT2D eigenvalue weighted by Crippen LogP contribution is -2.19. The molecule has 1 unspecified atom stereocenters. The first-order valence-electron chi connectivity index (χ1n) is 11.6. The molecule has 0 heterocycles. The Morgan fingerprint density at radius 2 is 1.45 bits per heavy atom. The largest absolute Gasteiger partial charge is 0.507 e. The standard InChI is InChI=1S/C26H44O3/c1-19(2)15-13-11-9-8-10-12-14-16-20(3)25(28)29-22-17-21(4)24(27)23(18-22)26(5,6)7/h17-20,27H,8-16H2,1-7H3. The second-order valence-corrected chi connectivity index (χ2v) is 10.2. The van der Waals surface area contributed by atoms with Gasteiger partial charge in [0.25, 0.3) is 0 Å². The number of carbonyl (C=O) groups excluding carboxylic acids is 1. The summed E-state index contributed by atoms with van der Waals surface area (Å²) in [5, 5.41) is 10.3. The van der Waals surface area contributed by atoms with Crippen LogP contribution in [0.4, 0.5) is 0 Å². The first-order valence-corrected chi connectivity index (χ1v) is 11.6. The molecule has 1 aromatic carbocycles. The zero-order chi connectivity index (χ0) is 22.0. The Morgan fingerprint density at radius 3 is 1.97 bits per heavy atom. The van der Waals surface area contributed by atoms with Crippen LogP contribution >= 0.6 is 0 Å². The summed E-state index contributed by atoms with van der Waals surface area (Å²) in [6.07, 6.45) is 11.1. The molecule has 29 heavy (non-hydrogen) atoms. The molecule has 1 rings (SSSR count). The van der Waals surface area contributed by atoms with Crippen molar-refractivity contribution >= 4 is 5.97 Å². The van der Waals surface area contributed by atoms with Crippen LogP contribution in [-0.4, -0.2) is 11.1 Å². The molecule has 0 radical (unpaired) electrons. The Bertz CT molecular complexity index is 626. The summed E-state index contributed by atoms with van der Waals surface area (Å²) in [6.45, 7) is 14.5. The molecule has 1 atom stereocenters. The number of unbranched alkanes of at least 4 members (excludes halogenated alkanes) is 6. The summed E-state index contributed by atoms with van der Waals surface area (Å²) in [5.41, 5.74) is 1.33. The number of hydrogen-bond donors (Lipinski definition) is 1. The molecule has 0 saturated heterocycles. The summed E-state index contributed by atoms with van der Waals surface area (Å²) in [5.74, 6) is 1.36. The van der Waals surface area contributed by atoms with Crippen molar-refractivity contribution in [2.45, 2.75) is 112 Å². The third-order valence-electron chi connectivity index (χ3n) is 5.62. The Morgan fingerprint density at radius 1 is 0.931 bits per heavy atom. The van der Waals surface area contributed by atoms with Crippen molar-refractivity contribution in [3.05, 3.63) is 23.3 Å². The number of carbonyl (C=O) groups is 1. The van der Waals surface area contributed by atoms with Gasteiger partial charge in [-0.05, 0) is 42.4 Å². The fraction of sp³-hybridized carbons (Fsp3) is 0.731. The van der Waals surface area contributed by atoms with E-state index in [1.54, 1.807) is 12.1 Å². The molecule has 0 aliphatic rings. The van der Waals surface area contributed by atoms with Gasteiger partial charge in [-0.1, -0.05) is 92.9 Å². The summed E-state index contributed by atoms with van der Waals surface area (Å²) in [7, 11) is 0. The van der Waals surface area contributed by atoms with Gasteiger partial charge in [0.1, 0.15) is 11.5 Å². The van der Waals surface area contributed by atoms with Crippen LogP contribution < -0.4 is 4.74 Å². The maximum Gasteiger partial charge on any atom is 0.314 e. The van der Waals surface area contributed by atoms with Crippen LogP contribution in [0.1, 0.15) is 110 Å². The molecule has 0 aromatic heterocycles. The molecule has 0 amide bonds. The van der Waals surface area contributed by atoms with Gasteiger partial charge in [-0.2, -0.15) is 0 Å². The van der Waals surface area contributed by atoms with Gasteiger partial charge in [0.05, 0.1) is 5.92 Å². The van der Waals surface area contributed by atoms with E-state index < -0.39 is 0 Å². The summed E-state index contributed by atoms with van der Waals surface area (Å²) < 4.78 is 5.64. The van der Waals surface area contributed by atoms with Crippen molar-refractivity contribution in [1.82, 2.24) is 0 Å². The predicted octanol–water partition coefficient (Wildman–Crippen LogP) is 7.71. The average molecular weight is 405 g/mol. The normalized spacial score (nSPS) is 13.0. The van der Waals surface area contributed by atoms with Crippen molar-refractivity contribution in [2.75, 3.05) is 0 Å². The van der Waals surface area contributed by atoms with Crippen molar-refractivity contribution in [2.24, 2.45) is 11.8 Å². The zero-order valence-corrected chi connectivity index (χ0v) is 19.9. The SMILES string of the molecule is Cc1cc(OC(=O)C(C)CCCCCCCCCC(C)C)cc(C(C)(C)C)c1O.